The summed E-state index contributed by atoms with van der Waals surface area (Å²) in [5, 5.41) is 2.06. The standard InChI is InChI=1S/C30H38N2O6S8/c1-20(14-29-31(10-6-8-12-45(33,34)35)21-16-25(39-2)27(41-4)18-23(21)43-29)15-30-32(11-7-9-13-46(36,37)38)22-17-26(40-3)28(42-5)19-24(22)44-30/h14-19H,6-13H2,1-5H3,(H-,33,34,35,36,37,38)/p-1. The molecule has 3 aromatic rings. The number of aryl methyl sites for hydroxylation is 1. The Labute approximate surface area is 298 Å². The molecule has 1 aromatic heterocycles. The monoisotopic (exact) mass is 777 g/mol. The number of benzene rings is 2. The maximum absolute atomic E-state index is 11.2. The van der Waals surface area contributed by atoms with E-state index in [1.807, 2.05) is 0 Å². The zero-order valence-corrected chi connectivity index (χ0v) is 32.8. The Bertz CT molecular complexity index is 1850. The van der Waals surface area contributed by atoms with Crippen LogP contribution in [0.25, 0.3) is 16.3 Å². The minimum absolute atomic E-state index is 0.300. The third-order valence-corrected chi connectivity index (χ3v) is 14.4. The molecule has 46 heavy (non-hydrogen) atoms. The summed E-state index contributed by atoms with van der Waals surface area (Å²) in [5.74, 6) is -0.743. The topological polar surface area (TPSA) is 122 Å². The summed E-state index contributed by atoms with van der Waals surface area (Å²) in [4.78, 5) is 8.12. The molecule has 0 spiro atoms. The van der Waals surface area contributed by atoms with Crippen LogP contribution in [0.3, 0.4) is 0 Å². The molecule has 0 saturated heterocycles. The van der Waals surface area contributed by atoms with Crippen LogP contribution >= 0.6 is 70.1 Å². The molecule has 0 N–H and O–H groups in total. The highest BCUT2D eigenvalue weighted by Crippen LogP contribution is 2.50. The molecule has 0 atom stereocenters. The zero-order chi connectivity index (χ0) is 33.6. The van der Waals surface area contributed by atoms with Gasteiger partial charge in [-0.1, -0.05) is 23.1 Å². The zero-order valence-electron chi connectivity index (χ0n) is 26.2. The average Bonchev–Trinajstić information content (AvgIpc) is 3.49. The van der Waals surface area contributed by atoms with Crippen LogP contribution in [-0.2, 0) is 26.8 Å². The van der Waals surface area contributed by atoms with E-state index in [0.717, 1.165) is 36.4 Å². The fraction of sp³-hybridized carbons (Fsp3) is 0.433. The van der Waals surface area contributed by atoms with E-state index in [4.69, 9.17) is 0 Å². The van der Waals surface area contributed by atoms with Gasteiger partial charge in [0.25, 0.3) is 5.01 Å². The second-order valence-electron chi connectivity index (χ2n) is 10.5. The second kappa shape index (κ2) is 16.7. The summed E-state index contributed by atoms with van der Waals surface area (Å²) < 4.78 is 70.6. The van der Waals surface area contributed by atoms with Gasteiger partial charge in [0.15, 0.2) is 6.54 Å². The number of hydrogen-bond donors (Lipinski definition) is 0. The fourth-order valence-corrected chi connectivity index (χ4v) is 11.7. The predicted octanol–water partition coefficient (Wildman–Crippen LogP) is 7.58. The molecule has 1 aliphatic heterocycles. The summed E-state index contributed by atoms with van der Waals surface area (Å²) in [6, 6.07) is 8.80. The van der Waals surface area contributed by atoms with Crippen molar-refractivity contribution in [2.24, 2.45) is 0 Å². The van der Waals surface area contributed by atoms with Crippen LogP contribution in [0.5, 0.6) is 0 Å². The number of thioether (sulfide) groups is 5. The Morgan fingerprint density at radius 1 is 0.826 bits per heavy atom. The molecule has 2 heterocycles. The number of anilines is 1. The number of nitrogens with zero attached hydrogens (tertiary/aromatic N) is 2. The highest BCUT2D eigenvalue weighted by Gasteiger charge is 2.27. The molecular formula is C30H37N2O6S8-. The minimum Gasteiger partial charge on any atom is -0.748 e. The van der Waals surface area contributed by atoms with Crippen LogP contribution in [0.2, 0.25) is 0 Å². The van der Waals surface area contributed by atoms with Gasteiger partial charge in [-0.2, -0.15) is 4.57 Å². The summed E-state index contributed by atoms with van der Waals surface area (Å²) in [6.07, 6.45) is 14.3. The van der Waals surface area contributed by atoms with Crippen LogP contribution in [0.4, 0.5) is 5.69 Å². The normalized spacial score (nSPS) is 15.0. The van der Waals surface area contributed by atoms with Gasteiger partial charge in [-0.05, 0) is 81.1 Å². The highest BCUT2D eigenvalue weighted by atomic mass is 32.2. The Hall–Kier alpha value is -0.820. The number of aromatic nitrogens is 1. The molecule has 0 bridgehead atoms. The quantitative estimate of drug-likeness (QED) is 0.0617. The second-order valence-corrected chi connectivity index (χ2v) is 19.1. The highest BCUT2D eigenvalue weighted by molar-refractivity contribution is 8.04. The fourth-order valence-electron chi connectivity index (χ4n) is 5.06. The molecule has 0 fully saturated rings. The molecule has 16 heteroatoms. The molecule has 252 valence electrons. The third-order valence-electron chi connectivity index (χ3n) is 7.23. The van der Waals surface area contributed by atoms with Crippen LogP contribution in [-0.4, -0.2) is 69.0 Å². The minimum atomic E-state index is -4.26. The van der Waals surface area contributed by atoms with Crippen LogP contribution < -0.4 is 9.47 Å². The van der Waals surface area contributed by atoms with E-state index in [0.29, 0.717) is 38.8 Å². The predicted molar refractivity (Wildman–Crippen MR) is 198 cm³/mol. The van der Waals surface area contributed by atoms with Gasteiger partial charge >= 0.3 is 0 Å². The van der Waals surface area contributed by atoms with Crippen molar-refractivity contribution in [1.29, 1.82) is 0 Å². The first-order valence-electron chi connectivity index (χ1n) is 14.3. The molecular weight excluding hydrogens is 741 g/mol. The molecule has 4 rings (SSSR count). The SMILES string of the molecule is CSc1cc2c(cc1SC)N(CCCCS(=O)(=O)[O-])/C(=C\C(C)=C/c1sc3cc(SC)c(SC)cc3[n+]1CCCCS(=O)(=O)[O-])S2. The van der Waals surface area contributed by atoms with Gasteiger partial charge in [-0.25, -0.2) is 16.8 Å². The molecule has 8 nitrogen and oxygen atoms in total. The maximum atomic E-state index is 11.2. The number of allylic oxidation sites excluding steroid dienone is 2. The Kier molecular flexibility index (Phi) is 13.8. The van der Waals surface area contributed by atoms with E-state index in [1.54, 1.807) is 70.1 Å². The van der Waals surface area contributed by atoms with Crippen molar-refractivity contribution in [1.82, 2.24) is 0 Å². The van der Waals surface area contributed by atoms with Crippen molar-refractivity contribution in [3.63, 3.8) is 0 Å². The molecule has 0 amide bonds. The average molecular weight is 778 g/mol. The largest absolute Gasteiger partial charge is 0.748 e. The first kappa shape index (κ1) is 38.0. The van der Waals surface area contributed by atoms with Crippen LogP contribution in [0.1, 0.15) is 37.6 Å². The Balaban J connectivity index is 1.72. The van der Waals surface area contributed by atoms with E-state index in [-0.39, 0.29) is 11.5 Å². The van der Waals surface area contributed by atoms with Crippen molar-refractivity contribution in [2.75, 3.05) is 48.0 Å². The maximum Gasteiger partial charge on any atom is 0.263 e. The van der Waals surface area contributed by atoms with E-state index in [2.05, 4.69) is 77.8 Å². The Morgan fingerprint density at radius 2 is 1.39 bits per heavy atom. The molecule has 1 aliphatic rings. The number of unbranched alkanes of at least 4 members (excludes halogenated alkanes) is 2. The van der Waals surface area contributed by atoms with Gasteiger partial charge in [0, 0.05) is 61.1 Å². The molecule has 0 aliphatic carbocycles. The van der Waals surface area contributed by atoms with E-state index >= 15 is 0 Å². The number of hydrogen-bond acceptors (Lipinski definition) is 13. The first-order valence-corrected chi connectivity index (χ1v) is 24.0. The molecule has 0 unspecified atom stereocenters. The van der Waals surface area contributed by atoms with Gasteiger partial charge in [0.1, 0.15) is 4.70 Å². The first-order chi connectivity index (χ1) is 21.8. The van der Waals surface area contributed by atoms with Crippen molar-refractivity contribution >= 4 is 112 Å². The lowest BCUT2D eigenvalue weighted by molar-refractivity contribution is -0.669. The summed E-state index contributed by atoms with van der Waals surface area (Å²) in [6.45, 7) is 3.22. The van der Waals surface area contributed by atoms with Gasteiger partial charge in [0.2, 0.25) is 5.52 Å². The van der Waals surface area contributed by atoms with E-state index in [1.165, 1.54) is 19.6 Å². The van der Waals surface area contributed by atoms with Crippen LogP contribution in [0, 0.1) is 0 Å². The van der Waals surface area contributed by atoms with Gasteiger partial charge in [-0.3, -0.25) is 0 Å². The lowest BCUT2D eigenvalue weighted by Gasteiger charge is -2.21. The number of fused-ring (bicyclic) bond motifs is 2. The number of rotatable bonds is 16. The molecule has 2 aromatic carbocycles. The smallest absolute Gasteiger partial charge is 0.263 e. The summed E-state index contributed by atoms with van der Waals surface area (Å²) >= 11 is 10.2. The van der Waals surface area contributed by atoms with Crippen LogP contribution in [0.15, 0.2) is 65.4 Å². The lowest BCUT2D eigenvalue weighted by Crippen LogP contribution is -2.35. The molecule has 0 saturated carbocycles. The van der Waals surface area contributed by atoms with Gasteiger partial charge < -0.3 is 14.0 Å². The number of thiazole rings is 1. The van der Waals surface area contributed by atoms with E-state index in [9.17, 15) is 25.9 Å². The summed E-state index contributed by atoms with van der Waals surface area (Å²) in [7, 11) is -8.52. The van der Waals surface area contributed by atoms with Crippen molar-refractivity contribution in [3.05, 3.63) is 46.0 Å². The van der Waals surface area contributed by atoms with E-state index < -0.39 is 20.2 Å². The van der Waals surface area contributed by atoms with Gasteiger partial charge in [0.05, 0.1) is 31.0 Å². The molecule has 0 radical (unpaired) electrons. The van der Waals surface area contributed by atoms with Crippen molar-refractivity contribution < 1.29 is 30.5 Å². The summed E-state index contributed by atoms with van der Waals surface area (Å²) in [5.41, 5.74) is 3.18. The third kappa shape index (κ3) is 10.1. The Morgan fingerprint density at radius 3 is 2.00 bits per heavy atom. The van der Waals surface area contributed by atoms with Crippen molar-refractivity contribution in [2.45, 2.75) is 63.6 Å². The lowest BCUT2D eigenvalue weighted by atomic mass is 10.2. The van der Waals surface area contributed by atoms with Gasteiger partial charge in [-0.15, -0.1) is 47.0 Å². The van der Waals surface area contributed by atoms with Crippen molar-refractivity contribution in [3.8, 4) is 0 Å².